The summed E-state index contributed by atoms with van der Waals surface area (Å²) < 4.78 is 5.09. The molecule has 0 spiro atoms. The summed E-state index contributed by atoms with van der Waals surface area (Å²) in [7, 11) is 0. The second kappa shape index (κ2) is 2.09. The van der Waals surface area contributed by atoms with Gasteiger partial charge >= 0.3 is 6.09 Å². The Bertz CT molecular complexity index is 195. The van der Waals surface area contributed by atoms with E-state index in [0.29, 0.717) is 13.2 Å². The van der Waals surface area contributed by atoms with E-state index in [2.05, 4.69) is 0 Å². The molecule has 2 rings (SSSR count). The third-order valence-electron chi connectivity index (χ3n) is 2.28. The maximum atomic E-state index is 10.5. The first kappa shape index (κ1) is 6.87. The van der Waals surface area contributed by atoms with E-state index < -0.39 is 12.2 Å². The summed E-state index contributed by atoms with van der Waals surface area (Å²) in [6, 6.07) is -0.336. The van der Waals surface area contributed by atoms with Crippen LogP contribution in [0.25, 0.3) is 0 Å². The molecule has 62 valence electrons. The Morgan fingerprint density at radius 2 is 2.36 bits per heavy atom. The fraction of sp³-hybridized carbons (Fsp3) is 0.833. The Balaban J connectivity index is 2.14. The number of carboxylic acid groups (broad SMARTS) is 1. The van der Waals surface area contributed by atoms with Crippen molar-refractivity contribution < 1.29 is 19.7 Å². The topological polar surface area (TPSA) is 70.0 Å². The van der Waals surface area contributed by atoms with E-state index in [4.69, 9.17) is 9.84 Å². The Hall–Kier alpha value is -0.810. The fourth-order valence-electron chi connectivity index (χ4n) is 1.65. The number of rotatable bonds is 0. The van der Waals surface area contributed by atoms with Crippen LogP contribution in [0, 0.1) is 0 Å². The molecule has 0 aromatic rings. The van der Waals surface area contributed by atoms with E-state index >= 15 is 0 Å². The van der Waals surface area contributed by atoms with Gasteiger partial charge in [-0.25, -0.2) is 4.79 Å². The molecule has 2 aliphatic heterocycles. The summed E-state index contributed by atoms with van der Waals surface area (Å²) in [5.41, 5.74) is 0. The monoisotopic (exact) mass is 159 g/mol. The zero-order chi connectivity index (χ0) is 8.01. The summed E-state index contributed by atoms with van der Waals surface area (Å²) in [6.45, 7) is 0.638. The highest BCUT2D eigenvalue weighted by molar-refractivity contribution is 5.66. The zero-order valence-electron chi connectivity index (χ0n) is 5.80. The minimum Gasteiger partial charge on any atom is -0.465 e. The summed E-state index contributed by atoms with van der Waals surface area (Å²) in [4.78, 5) is 11.7. The number of nitrogens with zero attached hydrogens (tertiary/aromatic N) is 1. The van der Waals surface area contributed by atoms with Crippen LogP contribution in [0.3, 0.4) is 0 Å². The fourth-order valence-corrected chi connectivity index (χ4v) is 1.65. The minimum absolute atomic E-state index is 0.295. The third-order valence-corrected chi connectivity index (χ3v) is 2.28. The van der Waals surface area contributed by atoms with Gasteiger partial charge in [0.15, 0.2) is 0 Å². The molecule has 2 bridgehead atoms. The van der Waals surface area contributed by atoms with Gasteiger partial charge in [-0.3, -0.25) is 4.90 Å². The Morgan fingerprint density at radius 3 is 2.64 bits per heavy atom. The highest BCUT2D eigenvalue weighted by Crippen LogP contribution is 2.27. The second-order valence-corrected chi connectivity index (χ2v) is 2.86. The largest absolute Gasteiger partial charge is 0.465 e. The summed E-state index contributed by atoms with van der Waals surface area (Å²) in [5.74, 6) is 0. The molecular formula is C6H9NO4. The number of fused-ring (bicyclic) bond motifs is 2. The lowest BCUT2D eigenvalue weighted by Crippen LogP contribution is -2.41. The van der Waals surface area contributed by atoms with Crippen LogP contribution in [0.4, 0.5) is 4.79 Å². The molecule has 0 aromatic carbocycles. The smallest absolute Gasteiger partial charge is 0.407 e. The molecule has 2 saturated heterocycles. The average Bonchev–Trinajstić information content (AvgIpc) is 2.46. The van der Waals surface area contributed by atoms with Crippen LogP contribution in [0.5, 0.6) is 0 Å². The highest BCUT2D eigenvalue weighted by atomic mass is 16.5. The van der Waals surface area contributed by atoms with E-state index in [1.165, 1.54) is 4.90 Å². The Labute approximate surface area is 63.2 Å². The van der Waals surface area contributed by atoms with Crippen molar-refractivity contribution in [2.75, 3.05) is 13.2 Å². The first-order valence-electron chi connectivity index (χ1n) is 3.49. The number of likely N-dealkylation sites (tertiary alicyclic amines) is 1. The Kier molecular flexibility index (Phi) is 1.30. The van der Waals surface area contributed by atoms with Crippen molar-refractivity contribution in [1.29, 1.82) is 0 Å². The van der Waals surface area contributed by atoms with Gasteiger partial charge in [0.25, 0.3) is 0 Å². The standard InChI is InChI=1S/C6H9NO4/c8-5-3-2-11-4(5)1-7(3)6(9)10/h3-5,8H,1-2H2,(H,9,10). The van der Waals surface area contributed by atoms with Gasteiger partial charge in [0.1, 0.15) is 12.2 Å². The molecule has 5 heteroatoms. The summed E-state index contributed by atoms with van der Waals surface area (Å²) in [6.07, 6.45) is -1.89. The van der Waals surface area contributed by atoms with Gasteiger partial charge in [0, 0.05) is 0 Å². The van der Waals surface area contributed by atoms with Crippen molar-refractivity contribution in [3.05, 3.63) is 0 Å². The number of hydrogen-bond acceptors (Lipinski definition) is 3. The first-order chi connectivity index (χ1) is 5.20. The lowest BCUT2D eigenvalue weighted by atomic mass is 10.2. The predicted octanol–water partition coefficient (Wildman–Crippen LogP) is -0.892. The molecule has 2 heterocycles. The number of carbonyl (C=O) groups is 1. The van der Waals surface area contributed by atoms with Crippen molar-refractivity contribution in [2.24, 2.45) is 0 Å². The van der Waals surface area contributed by atoms with Crippen molar-refractivity contribution >= 4 is 6.09 Å². The number of amides is 1. The molecule has 2 N–H and O–H groups in total. The zero-order valence-corrected chi connectivity index (χ0v) is 5.80. The van der Waals surface area contributed by atoms with Gasteiger partial charge in [-0.05, 0) is 0 Å². The maximum Gasteiger partial charge on any atom is 0.407 e. The lowest BCUT2D eigenvalue weighted by molar-refractivity contribution is 0.0251. The maximum absolute atomic E-state index is 10.5. The second-order valence-electron chi connectivity index (χ2n) is 2.86. The molecule has 0 radical (unpaired) electrons. The van der Waals surface area contributed by atoms with Crippen LogP contribution >= 0.6 is 0 Å². The molecule has 0 saturated carbocycles. The molecule has 3 atom stereocenters. The minimum atomic E-state index is -0.972. The van der Waals surface area contributed by atoms with Gasteiger partial charge in [-0.2, -0.15) is 0 Å². The van der Waals surface area contributed by atoms with Crippen LogP contribution in [0.15, 0.2) is 0 Å². The summed E-state index contributed by atoms with van der Waals surface area (Å²) >= 11 is 0. The molecular weight excluding hydrogens is 150 g/mol. The average molecular weight is 159 g/mol. The van der Waals surface area contributed by atoms with Crippen LogP contribution in [0.2, 0.25) is 0 Å². The molecule has 2 aliphatic rings. The number of hydrogen-bond donors (Lipinski definition) is 2. The van der Waals surface area contributed by atoms with Crippen LogP contribution < -0.4 is 0 Å². The van der Waals surface area contributed by atoms with Crippen molar-refractivity contribution in [3.8, 4) is 0 Å². The molecule has 11 heavy (non-hydrogen) atoms. The van der Waals surface area contributed by atoms with Crippen LogP contribution in [0.1, 0.15) is 0 Å². The highest BCUT2D eigenvalue weighted by Gasteiger charge is 2.49. The van der Waals surface area contributed by atoms with Crippen molar-refractivity contribution in [3.63, 3.8) is 0 Å². The van der Waals surface area contributed by atoms with E-state index in [9.17, 15) is 9.90 Å². The molecule has 1 amide bonds. The predicted molar refractivity (Wildman–Crippen MR) is 34.3 cm³/mol. The van der Waals surface area contributed by atoms with Crippen molar-refractivity contribution in [1.82, 2.24) is 4.90 Å². The number of aliphatic hydroxyl groups excluding tert-OH is 1. The van der Waals surface area contributed by atoms with Gasteiger partial charge in [-0.15, -0.1) is 0 Å². The molecule has 0 aliphatic carbocycles. The van der Waals surface area contributed by atoms with Gasteiger partial charge in [0.05, 0.1) is 19.2 Å². The molecule has 5 nitrogen and oxygen atoms in total. The van der Waals surface area contributed by atoms with Crippen LogP contribution in [-0.2, 0) is 4.74 Å². The van der Waals surface area contributed by atoms with Crippen molar-refractivity contribution in [2.45, 2.75) is 18.2 Å². The lowest BCUT2D eigenvalue weighted by Gasteiger charge is -2.22. The number of aliphatic hydroxyl groups is 1. The molecule has 2 fully saturated rings. The Morgan fingerprint density at radius 1 is 1.64 bits per heavy atom. The van der Waals surface area contributed by atoms with Gasteiger partial charge in [-0.1, -0.05) is 0 Å². The number of ether oxygens (including phenoxy) is 1. The van der Waals surface area contributed by atoms with Crippen LogP contribution in [-0.4, -0.2) is 52.6 Å². The molecule has 3 unspecified atom stereocenters. The van der Waals surface area contributed by atoms with E-state index in [1.807, 2.05) is 0 Å². The van der Waals surface area contributed by atoms with Gasteiger partial charge in [0.2, 0.25) is 0 Å². The molecule has 0 aromatic heterocycles. The normalized spacial score (nSPS) is 41.5. The van der Waals surface area contributed by atoms with E-state index in [1.54, 1.807) is 0 Å². The van der Waals surface area contributed by atoms with Gasteiger partial charge < -0.3 is 14.9 Å². The number of morpholine rings is 1. The first-order valence-corrected chi connectivity index (χ1v) is 3.49. The summed E-state index contributed by atoms with van der Waals surface area (Å²) in [5, 5.41) is 17.9. The van der Waals surface area contributed by atoms with E-state index in [-0.39, 0.29) is 12.1 Å². The quantitative estimate of drug-likeness (QED) is 0.481. The van der Waals surface area contributed by atoms with E-state index in [0.717, 1.165) is 0 Å². The third kappa shape index (κ3) is 0.812. The SMILES string of the molecule is O=C(O)N1CC2OCC1C2O.